The molecule has 3 rings (SSSR count). The van der Waals surface area contributed by atoms with E-state index < -0.39 is 0 Å². The quantitative estimate of drug-likeness (QED) is 0.889. The van der Waals surface area contributed by atoms with Crippen molar-refractivity contribution in [2.75, 3.05) is 20.2 Å². The molecule has 0 amide bonds. The summed E-state index contributed by atoms with van der Waals surface area (Å²) in [4.78, 5) is 6.99. The number of ether oxygens (including phenoxy) is 1. The van der Waals surface area contributed by atoms with Gasteiger partial charge in [-0.2, -0.15) is 11.3 Å². The molecule has 22 heavy (non-hydrogen) atoms. The van der Waals surface area contributed by atoms with Crippen molar-refractivity contribution >= 4 is 11.3 Å². The maximum Gasteiger partial charge on any atom is 0.213 e. The highest BCUT2D eigenvalue weighted by atomic mass is 32.1. The summed E-state index contributed by atoms with van der Waals surface area (Å²) in [5.74, 6) is 0.685. The van der Waals surface area contributed by atoms with Crippen LogP contribution in [0, 0.1) is 0 Å². The van der Waals surface area contributed by atoms with E-state index in [4.69, 9.17) is 4.74 Å². The number of methoxy groups -OCH3 is 1. The zero-order valence-electron chi connectivity index (χ0n) is 13.0. The molecule has 1 aliphatic heterocycles. The summed E-state index contributed by atoms with van der Waals surface area (Å²) in [5.41, 5.74) is 2.48. The highest BCUT2D eigenvalue weighted by Gasteiger charge is 2.18. The van der Waals surface area contributed by atoms with Gasteiger partial charge in [0, 0.05) is 25.2 Å². The fourth-order valence-corrected chi connectivity index (χ4v) is 3.51. The Kier molecular flexibility index (Phi) is 5.43. The van der Waals surface area contributed by atoms with Crippen LogP contribution in [0.15, 0.2) is 35.0 Å². The predicted molar refractivity (Wildman–Crippen MR) is 90.2 cm³/mol. The third kappa shape index (κ3) is 4.29. The number of thiophene rings is 1. The number of piperidine rings is 1. The summed E-state index contributed by atoms with van der Waals surface area (Å²) in [6, 6.07) is 8.73. The van der Waals surface area contributed by atoms with Crippen LogP contribution in [-0.4, -0.2) is 36.1 Å². The van der Waals surface area contributed by atoms with Gasteiger partial charge in [0.05, 0.1) is 12.8 Å². The van der Waals surface area contributed by atoms with Gasteiger partial charge in [0.1, 0.15) is 0 Å². The van der Waals surface area contributed by atoms with E-state index in [9.17, 15) is 0 Å². The van der Waals surface area contributed by atoms with E-state index >= 15 is 0 Å². The van der Waals surface area contributed by atoms with Crippen LogP contribution in [0.25, 0.3) is 0 Å². The number of nitrogens with zero attached hydrogens (tertiary/aromatic N) is 2. The predicted octanol–water partition coefficient (Wildman–Crippen LogP) is 2.91. The van der Waals surface area contributed by atoms with Gasteiger partial charge in [-0.05, 0) is 54.4 Å². The molecule has 1 aliphatic rings. The second-order valence-corrected chi connectivity index (χ2v) is 6.51. The monoisotopic (exact) mass is 317 g/mol. The molecule has 3 heterocycles. The lowest BCUT2D eigenvalue weighted by atomic mass is 10.0. The first-order valence-electron chi connectivity index (χ1n) is 7.80. The molecule has 0 unspecified atom stereocenters. The molecule has 0 aromatic carbocycles. The molecule has 0 saturated carbocycles. The van der Waals surface area contributed by atoms with Crippen LogP contribution in [0.1, 0.15) is 24.1 Å². The Morgan fingerprint density at radius 3 is 2.91 bits per heavy atom. The molecule has 1 fully saturated rings. The van der Waals surface area contributed by atoms with Crippen LogP contribution in [0.3, 0.4) is 0 Å². The number of hydrogen-bond acceptors (Lipinski definition) is 5. The zero-order chi connectivity index (χ0) is 15.2. The van der Waals surface area contributed by atoms with Crippen LogP contribution in [-0.2, 0) is 13.1 Å². The van der Waals surface area contributed by atoms with E-state index in [-0.39, 0.29) is 0 Å². The molecule has 0 aliphatic carbocycles. The summed E-state index contributed by atoms with van der Waals surface area (Å²) >= 11 is 1.78. The zero-order valence-corrected chi connectivity index (χ0v) is 13.8. The van der Waals surface area contributed by atoms with Gasteiger partial charge in [0.25, 0.3) is 0 Å². The van der Waals surface area contributed by atoms with Crippen molar-refractivity contribution in [3.63, 3.8) is 0 Å². The summed E-state index contributed by atoms with van der Waals surface area (Å²) in [6.07, 6.45) is 2.40. The van der Waals surface area contributed by atoms with Gasteiger partial charge in [0.15, 0.2) is 0 Å². The lowest BCUT2D eigenvalue weighted by molar-refractivity contribution is 0.190. The van der Waals surface area contributed by atoms with Gasteiger partial charge in [-0.15, -0.1) is 0 Å². The van der Waals surface area contributed by atoms with Crippen LogP contribution >= 0.6 is 11.3 Å². The molecular formula is C17H23N3OS. The fourth-order valence-electron chi connectivity index (χ4n) is 2.85. The van der Waals surface area contributed by atoms with Gasteiger partial charge in [-0.3, -0.25) is 4.90 Å². The molecule has 0 atom stereocenters. The molecule has 4 nitrogen and oxygen atoms in total. The van der Waals surface area contributed by atoms with Crippen molar-refractivity contribution in [2.45, 2.75) is 32.0 Å². The summed E-state index contributed by atoms with van der Waals surface area (Å²) in [7, 11) is 1.66. The van der Waals surface area contributed by atoms with E-state index in [1.165, 1.54) is 31.5 Å². The lowest BCUT2D eigenvalue weighted by Gasteiger charge is -2.32. The van der Waals surface area contributed by atoms with Crippen molar-refractivity contribution in [1.82, 2.24) is 15.2 Å². The first-order chi connectivity index (χ1) is 10.8. The van der Waals surface area contributed by atoms with Crippen LogP contribution in [0.5, 0.6) is 5.88 Å². The summed E-state index contributed by atoms with van der Waals surface area (Å²) in [6.45, 7) is 4.23. The smallest absolute Gasteiger partial charge is 0.213 e. The molecule has 2 aromatic rings. The van der Waals surface area contributed by atoms with Gasteiger partial charge >= 0.3 is 0 Å². The summed E-state index contributed by atoms with van der Waals surface area (Å²) < 4.78 is 5.17. The summed E-state index contributed by atoms with van der Waals surface area (Å²) in [5, 5.41) is 8.03. The third-order valence-electron chi connectivity index (χ3n) is 4.14. The topological polar surface area (TPSA) is 37.4 Å². The number of rotatable bonds is 6. The van der Waals surface area contributed by atoms with Crippen molar-refractivity contribution in [3.05, 3.63) is 46.3 Å². The second kappa shape index (κ2) is 7.72. The second-order valence-electron chi connectivity index (χ2n) is 5.73. The average molecular weight is 317 g/mol. The van der Waals surface area contributed by atoms with Crippen molar-refractivity contribution in [3.8, 4) is 5.88 Å². The molecule has 0 spiro atoms. The van der Waals surface area contributed by atoms with Gasteiger partial charge in [-0.1, -0.05) is 6.07 Å². The first-order valence-corrected chi connectivity index (χ1v) is 8.74. The van der Waals surface area contributed by atoms with Gasteiger partial charge in [0.2, 0.25) is 5.88 Å². The van der Waals surface area contributed by atoms with Crippen molar-refractivity contribution in [1.29, 1.82) is 0 Å². The number of pyridine rings is 1. The number of hydrogen-bond donors (Lipinski definition) is 1. The molecule has 2 aromatic heterocycles. The molecule has 0 radical (unpaired) electrons. The molecular weight excluding hydrogens is 294 g/mol. The van der Waals surface area contributed by atoms with Crippen molar-refractivity contribution < 1.29 is 4.74 Å². The minimum absolute atomic E-state index is 0.590. The van der Waals surface area contributed by atoms with Crippen LogP contribution in [0.4, 0.5) is 0 Å². The Hall–Kier alpha value is -1.43. The fraction of sp³-hybridized carbons (Fsp3) is 0.471. The third-order valence-corrected chi connectivity index (χ3v) is 4.87. The van der Waals surface area contributed by atoms with Crippen LogP contribution < -0.4 is 10.1 Å². The molecule has 1 N–H and O–H groups in total. The maximum atomic E-state index is 5.17. The standard InChI is InChI=1S/C17H23N3OS/c1-21-17-4-2-3-16(19-17)11-18-15-5-8-20(9-6-15)12-14-7-10-22-13-14/h2-4,7,10,13,15,18H,5-6,8-9,11-12H2,1H3. The SMILES string of the molecule is COc1cccc(CNC2CCN(Cc3ccsc3)CC2)n1. The van der Waals surface area contributed by atoms with Gasteiger partial charge < -0.3 is 10.1 Å². The lowest BCUT2D eigenvalue weighted by Crippen LogP contribution is -2.41. The first kappa shape index (κ1) is 15.5. The Bertz CT molecular complexity index is 565. The normalized spacial score (nSPS) is 16.8. The van der Waals surface area contributed by atoms with E-state index in [2.05, 4.69) is 32.0 Å². The Morgan fingerprint density at radius 2 is 2.18 bits per heavy atom. The largest absolute Gasteiger partial charge is 0.481 e. The molecule has 0 bridgehead atoms. The van der Waals surface area contributed by atoms with E-state index in [1.54, 1.807) is 18.4 Å². The Labute approximate surface area is 136 Å². The number of aromatic nitrogens is 1. The minimum Gasteiger partial charge on any atom is -0.481 e. The van der Waals surface area contributed by atoms with Crippen molar-refractivity contribution in [2.24, 2.45) is 0 Å². The molecule has 1 saturated heterocycles. The minimum atomic E-state index is 0.590. The molecule has 118 valence electrons. The highest BCUT2D eigenvalue weighted by molar-refractivity contribution is 7.07. The Balaban J connectivity index is 1.42. The van der Waals surface area contributed by atoms with E-state index in [0.717, 1.165) is 18.8 Å². The maximum absolute atomic E-state index is 5.17. The van der Waals surface area contributed by atoms with E-state index in [0.29, 0.717) is 11.9 Å². The Morgan fingerprint density at radius 1 is 1.32 bits per heavy atom. The van der Waals surface area contributed by atoms with Gasteiger partial charge in [-0.25, -0.2) is 4.98 Å². The van der Waals surface area contributed by atoms with Crippen LogP contribution in [0.2, 0.25) is 0 Å². The highest BCUT2D eigenvalue weighted by Crippen LogP contribution is 2.16. The number of nitrogens with one attached hydrogen (secondary N) is 1. The average Bonchev–Trinajstić information content (AvgIpc) is 3.07. The van der Waals surface area contributed by atoms with E-state index in [1.807, 2.05) is 18.2 Å². The molecule has 5 heteroatoms. The number of likely N-dealkylation sites (tertiary alicyclic amines) is 1.